The van der Waals surface area contributed by atoms with E-state index in [0.717, 1.165) is 29.0 Å². The SMILES string of the molecule is Cc1ccc(CN2CCNC(=O)C2CC(=O)NCc2cn3ccc(C)cc3n2)cc1. The van der Waals surface area contributed by atoms with Gasteiger partial charge in [-0.25, -0.2) is 4.98 Å². The van der Waals surface area contributed by atoms with Crippen LogP contribution in [-0.4, -0.2) is 45.2 Å². The van der Waals surface area contributed by atoms with Crippen LogP contribution in [0.3, 0.4) is 0 Å². The minimum absolute atomic E-state index is 0.0910. The van der Waals surface area contributed by atoms with Crippen LogP contribution in [0.1, 0.15) is 28.8 Å². The second-order valence-corrected chi connectivity index (χ2v) is 7.95. The number of pyridine rings is 1. The van der Waals surface area contributed by atoms with Gasteiger partial charge in [0.05, 0.1) is 24.7 Å². The summed E-state index contributed by atoms with van der Waals surface area (Å²) in [6.07, 6.45) is 3.99. The number of piperazine rings is 1. The summed E-state index contributed by atoms with van der Waals surface area (Å²) in [6, 6.07) is 11.8. The Kier molecular flexibility index (Phi) is 5.81. The van der Waals surface area contributed by atoms with Gasteiger partial charge in [0.1, 0.15) is 5.65 Å². The van der Waals surface area contributed by atoms with Gasteiger partial charge in [-0.2, -0.15) is 0 Å². The van der Waals surface area contributed by atoms with Crippen molar-refractivity contribution in [3.63, 3.8) is 0 Å². The highest BCUT2D eigenvalue weighted by atomic mass is 16.2. The van der Waals surface area contributed by atoms with Gasteiger partial charge >= 0.3 is 0 Å². The molecule has 7 nitrogen and oxygen atoms in total. The van der Waals surface area contributed by atoms with E-state index in [1.54, 1.807) is 0 Å². The number of imidazole rings is 1. The third kappa shape index (κ3) is 4.68. The second-order valence-electron chi connectivity index (χ2n) is 7.95. The molecule has 1 fully saturated rings. The molecule has 0 radical (unpaired) electrons. The Balaban J connectivity index is 1.37. The van der Waals surface area contributed by atoms with Gasteiger partial charge in [0.25, 0.3) is 0 Å². The monoisotopic (exact) mass is 405 g/mol. The largest absolute Gasteiger partial charge is 0.353 e. The molecular weight excluding hydrogens is 378 g/mol. The Morgan fingerprint density at radius 1 is 1.20 bits per heavy atom. The van der Waals surface area contributed by atoms with E-state index >= 15 is 0 Å². The predicted octanol–water partition coefficient (Wildman–Crippen LogP) is 1.96. The van der Waals surface area contributed by atoms with E-state index in [1.165, 1.54) is 5.56 Å². The summed E-state index contributed by atoms with van der Waals surface area (Å²) in [5, 5.41) is 5.80. The molecule has 0 aliphatic carbocycles. The van der Waals surface area contributed by atoms with Crippen LogP contribution < -0.4 is 10.6 Å². The first-order valence-electron chi connectivity index (χ1n) is 10.3. The van der Waals surface area contributed by atoms with Crippen LogP contribution in [0.5, 0.6) is 0 Å². The Bertz CT molecular complexity index is 1060. The Morgan fingerprint density at radius 2 is 2.00 bits per heavy atom. The molecule has 1 saturated heterocycles. The van der Waals surface area contributed by atoms with E-state index < -0.39 is 6.04 Å². The van der Waals surface area contributed by atoms with Crippen molar-refractivity contribution >= 4 is 17.5 Å². The minimum atomic E-state index is -0.469. The molecule has 1 aromatic carbocycles. The van der Waals surface area contributed by atoms with E-state index in [0.29, 0.717) is 19.6 Å². The summed E-state index contributed by atoms with van der Waals surface area (Å²) in [5.41, 5.74) is 5.13. The van der Waals surface area contributed by atoms with Gasteiger partial charge in [0.2, 0.25) is 11.8 Å². The van der Waals surface area contributed by atoms with Crippen molar-refractivity contribution in [2.24, 2.45) is 0 Å². The lowest BCUT2D eigenvalue weighted by Crippen LogP contribution is -2.56. The van der Waals surface area contributed by atoms with Crippen molar-refractivity contribution in [1.82, 2.24) is 24.9 Å². The van der Waals surface area contributed by atoms with Crippen LogP contribution in [0, 0.1) is 13.8 Å². The second kappa shape index (κ2) is 8.67. The van der Waals surface area contributed by atoms with Crippen molar-refractivity contribution in [2.75, 3.05) is 13.1 Å². The highest BCUT2D eigenvalue weighted by molar-refractivity contribution is 5.88. The fourth-order valence-corrected chi connectivity index (χ4v) is 3.76. The van der Waals surface area contributed by atoms with Crippen LogP contribution in [0.2, 0.25) is 0 Å². The number of rotatable bonds is 6. The molecule has 0 saturated carbocycles. The standard InChI is InChI=1S/C23H27N5O2/c1-16-3-5-18(6-4-16)14-27-10-8-24-23(30)20(27)12-22(29)25-13-19-15-28-9-7-17(2)11-21(28)26-19/h3-7,9,11,15,20H,8,10,12-14H2,1-2H3,(H,24,30)(H,25,29). The maximum absolute atomic E-state index is 12.6. The molecule has 0 spiro atoms. The summed E-state index contributed by atoms with van der Waals surface area (Å²) < 4.78 is 1.94. The van der Waals surface area contributed by atoms with Gasteiger partial charge in [-0.3, -0.25) is 14.5 Å². The molecule has 0 bridgehead atoms. The third-order valence-corrected chi connectivity index (χ3v) is 5.46. The number of aryl methyl sites for hydroxylation is 2. The third-order valence-electron chi connectivity index (χ3n) is 5.46. The average Bonchev–Trinajstić information content (AvgIpc) is 3.13. The van der Waals surface area contributed by atoms with Gasteiger partial charge in [0, 0.05) is 32.0 Å². The van der Waals surface area contributed by atoms with Crippen LogP contribution >= 0.6 is 0 Å². The molecule has 1 unspecified atom stereocenters. The van der Waals surface area contributed by atoms with Crippen molar-refractivity contribution in [3.05, 3.63) is 71.2 Å². The number of carbonyl (C=O) groups excluding carboxylic acids is 2. The zero-order valence-electron chi connectivity index (χ0n) is 17.4. The Hall–Kier alpha value is -3.19. The lowest BCUT2D eigenvalue weighted by Gasteiger charge is -2.34. The van der Waals surface area contributed by atoms with Crippen molar-refractivity contribution in [1.29, 1.82) is 0 Å². The van der Waals surface area contributed by atoms with Crippen LogP contribution in [-0.2, 0) is 22.7 Å². The molecule has 2 N–H and O–H groups in total. The zero-order valence-corrected chi connectivity index (χ0v) is 17.4. The zero-order chi connectivity index (χ0) is 21.1. The fourth-order valence-electron chi connectivity index (χ4n) is 3.76. The molecule has 2 amide bonds. The molecule has 156 valence electrons. The van der Waals surface area contributed by atoms with Gasteiger partial charge in [-0.1, -0.05) is 29.8 Å². The molecular formula is C23H27N5O2. The van der Waals surface area contributed by atoms with Crippen molar-refractivity contribution in [3.8, 4) is 0 Å². The number of nitrogens with one attached hydrogen (secondary N) is 2. The molecule has 2 aromatic heterocycles. The number of fused-ring (bicyclic) bond motifs is 1. The summed E-state index contributed by atoms with van der Waals surface area (Å²) >= 11 is 0. The lowest BCUT2D eigenvalue weighted by atomic mass is 10.1. The molecule has 30 heavy (non-hydrogen) atoms. The van der Waals surface area contributed by atoms with Crippen LogP contribution in [0.4, 0.5) is 0 Å². The normalized spacial score (nSPS) is 17.1. The van der Waals surface area contributed by atoms with Crippen molar-refractivity contribution in [2.45, 2.75) is 39.4 Å². The van der Waals surface area contributed by atoms with Crippen LogP contribution in [0.25, 0.3) is 5.65 Å². The van der Waals surface area contributed by atoms with E-state index in [2.05, 4.69) is 51.7 Å². The van der Waals surface area contributed by atoms with E-state index in [-0.39, 0.29) is 18.2 Å². The Labute approximate surface area is 176 Å². The van der Waals surface area contributed by atoms with Gasteiger partial charge in [0.15, 0.2) is 0 Å². The molecule has 1 atom stereocenters. The molecule has 3 heterocycles. The number of benzene rings is 1. The Morgan fingerprint density at radius 3 is 2.80 bits per heavy atom. The maximum atomic E-state index is 12.6. The number of carbonyl (C=O) groups is 2. The van der Waals surface area contributed by atoms with E-state index in [9.17, 15) is 9.59 Å². The average molecular weight is 406 g/mol. The van der Waals surface area contributed by atoms with Gasteiger partial charge < -0.3 is 15.0 Å². The highest BCUT2D eigenvalue weighted by Gasteiger charge is 2.31. The number of hydrogen-bond acceptors (Lipinski definition) is 4. The fraction of sp³-hybridized carbons (Fsp3) is 0.348. The van der Waals surface area contributed by atoms with Crippen molar-refractivity contribution < 1.29 is 9.59 Å². The molecule has 7 heteroatoms. The number of aromatic nitrogens is 2. The first-order valence-corrected chi connectivity index (χ1v) is 10.3. The lowest BCUT2D eigenvalue weighted by molar-refractivity contribution is -0.134. The molecule has 4 rings (SSSR count). The summed E-state index contributed by atoms with van der Waals surface area (Å²) in [7, 11) is 0. The smallest absolute Gasteiger partial charge is 0.237 e. The van der Waals surface area contributed by atoms with Gasteiger partial charge in [-0.05, 0) is 37.1 Å². The maximum Gasteiger partial charge on any atom is 0.237 e. The number of nitrogens with zero attached hydrogens (tertiary/aromatic N) is 3. The summed E-state index contributed by atoms with van der Waals surface area (Å²) in [5.74, 6) is -0.245. The summed E-state index contributed by atoms with van der Waals surface area (Å²) in [4.78, 5) is 31.7. The first kappa shape index (κ1) is 20.1. The summed E-state index contributed by atoms with van der Waals surface area (Å²) in [6.45, 7) is 6.39. The number of amides is 2. The quantitative estimate of drug-likeness (QED) is 0.657. The van der Waals surface area contributed by atoms with E-state index in [4.69, 9.17) is 0 Å². The molecule has 3 aromatic rings. The van der Waals surface area contributed by atoms with E-state index in [1.807, 2.05) is 35.9 Å². The number of hydrogen-bond donors (Lipinski definition) is 2. The minimum Gasteiger partial charge on any atom is -0.353 e. The predicted molar refractivity (Wildman–Crippen MR) is 115 cm³/mol. The molecule has 1 aliphatic heterocycles. The van der Waals surface area contributed by atoms with Gasteiger partial charge in [-0.15, -0.1) is 0 Å². The first-order chi connectivity index (χ1) is 14.5. The molecule has 1 aliphatic rings. The van der Waals surface area contributed by atoms with Crippen LogP contribution in [0.15, 0.2) is 48.8 Å². The highest BCUT2D eigenvalue weighted by Crippen LogP contribution is 2.15. The topological polar surface area (TPSA) is 78.7 Å².